The van der Waals surface area contributed by atoms with Gasteiger partial charge in [-0.15, -0.1) is 0 Å². The van der Waals surface area contributed by atoms with Crippen LogP contribution in [-0.2, 0) is 5.60 Å². The Morgan fingerprint density at radius 2 is 1.61 bits per heavy atom. The topological polar surface area (TPSA) is 26.7 Å². The van der Waals surface area contributed by atoms with Crippen LogP contribution in [0.4, 0.5) is 0 Å². The minimum absolute atomic E-state index is 0.168. The van der Waals surface area contributed by atoms with Crippen molar-refractivity contribution in [3.8, 4) is 0 Å². The fourth-order valence-corrected chi connectivity index (χ4v) is 4.55. The molecule has 0 spiro atoms. The molecule has 23 heavy (non-hydrogen) atoms. The highest BCUT2D eigenvalue weighted by atomic mass is 16.3. The van der Waals surface area contributed by atoms with E-state index in [1.54, 1.807) is 0 Å². The van der Waals surface area contributed by atoms with Crippen LogP contribution >= 0.6 is 0 Å². The Morgan fingerprint density at radius 1 is 1.00 bits per heavy atom. The molecular formula is C20H32N2O. The molecule has 1 heterocycles. The molecule has 0 aromatic heterocycles. The average Bonchev–Trinajstić information content (AvgIpc) is 2.62. The highest BCUT2D eigenvalue weighted by molar-refractivity contribution is 5.26. The predicted molar refractivity (Wildman–Crippen MR) is 95.4 cm³/mol. The van der Waals surface area contributed by atoms with Gasteiger partial charge in [-0.2, -0.15) is 0 Å². The van der Waals surface area contributed by atoms with Crippen LogP contribution in [-0.4, -0.2) is 54.2 Å². The summed E-state index contributed by atoms with van der Waals surface area (Å²) in [5.41, 5.74) is 0.385. The Hall–Kier alpha value is -0.900. The van der Waals surface area contributed by atoms with Gasteiger partial charge < -0.3 is 10.0 Å². The zero-order valence-electron chi connectivity index (χ0n) is 14.7. The molecule has 0 radical (unpaired) electrons. The summed E-state index contributed by atoms with van der Waals surface area (Å²) < 4.78 is 0. The highest BCUT2D eigenvalue weighted by Gasteiger charge is 2.45. The van der Waals surface area contributed by atoms with Crippen molar-refractivity contribution in [3.63, 3.8) is 0 Å². The third-order valence-electron chi connectivity index (χ3n) is 6.19. The van der Waals surface area contributed by atoms with E-state index in [4.69, 9.17) is 0 Å². The third-order valence-corrected chi connectivity index (χ3v) is 6.19. The lowest BCUT2D eigenvalue weighted by atomic mass is 9.69. The lowest BCUT2D eigenvalue weighted by Gasteiger charge is -2.49. The van der Waals surface area contributed by atoms with Crippen LogP contribution in [0.25, 0.3) is 0 Å². The Balaban J connectivity index is 1.88. The predicted octanol–water partition coefficient (Wildman–Crippen LogP) is 3.09. The number of aliphatic hydroxyl groups is 1. The summed E-state index contributed by atoms with van der Waals surface area (Å²) in [5, 5.41) is 11.9. The summed E-state index contributed by atoms with van der Waals surface area (Å²) in [6, 6.07) is 10.6. The van der Waals surface area contributed by atoms with Crippen molar-refractivity contribution in [1.82, 2.24) is 9.80 Å². The zero-order chi connectivity index (χ0) is 16.3. The number of hydrogen-bond donors (Lipinski definition) is 1. The number of benzene rings is 1. The molecule has 1 aliphatic heterocycles. The van der Waals surface area contributed by atoms with Crippen molar-refractivity contribution in [3.05, 3.63) is 35.9 Å². The van der Waals surface area contributed by atoms with E-state index in [2.05, 4.69) is 48.0 Å². The standard InChI is InChI=1S/C20H32N2O/c1-17(22-15-13-21(2)14-16-22)20(23,18-9-5-3-6-10-18)19-11-7-4-8-12-19/h3,5-6,9-10,17,19,23H,4,7-8,11-16H2,1-2H3/t17-,20+/m0/s1. The normalized spacial score (nSPS) is 25.9. The summed E-state index contributed by atoms with van der Waals surface area (Å²) in [7, 11) is 2.19. The fourth-order valence-electron chi connectivity index (χ4n) is 4.55. The summed E-state index contributed by atoms with van der Waals surface area (Å²) in [6.45, 7) is 6.55. The molecule has 2 fully saturated rings. The van der Waals surface area contributed by atoms with Crippen molar-refractivity contribution >= 4 is 0 Å². The van der Waals surface area contributed by atoms with Crippen molar-refractivity contribution in [1.29, 1.82) is 0 Å². The maximum atomic E-state index is 11.9. The van der Waals surface area contributed by atoms with Gasteiger partial charge in [0.25, 0.3) is 0 Å². The average molecular weight is 316 g/mol. The van der Waals surface area contributed by atoms with Gasteiger partial charge in [0.15, 0.2) is 0 Å². The number of likely N-dealkylation sites (N-methyl/N-ethyl adjacent to an activating group) is 1. The van der Waals surface area contributed by atoms with Gasteiger partial charge in [0.2, 0.25) is 0 Å². The monoisotopic (exact) mass is 316 g/mol. The number of rotatable bonds is 4. The summed E-state index contributed by atoms with van der Waals surface area (Å²) in [4.78, 5) is 4.88. The fraction of sp³-hybridized carbons (Fsp3) is 0.700. The summed E-state index contributed by atoms with van der Waals surface area (Å²) in [5.74, 6) is 0.383. The molecule has 3 nitrogen and oxygen atoms in total. The van der Waals surface area contributed by atoms with Crippen LogP contribution in [0.3, 0.4) is 0 Å². The highest BCUT2D eigenvalue weighted by Crippen LogP contribution is 2.43. The van der Waals surface area contributed by atoms with Crippen molar-refractivity contribution in [2.45, 2.75) is 50.7 Å². The van der Waals surface area contributed by atoms with E-state index in [0.717, 1.165) is 44.6 Å². The Kier molecular flexibility index (Phi) is 5.40. The number of nitrogens with zero attached hydrogens (tertiary/aromatic N) is 2. The van der Waals surface area contributed by atoms with E-state index in [-0.39, 0.29) is 6.04 Å². The van der Waals surface area contributed by atoms with Crippen LogP contribution in [0.15, 0.2) is 30.3 Å². The first-order valence-electron chi connectivity index (χ1n) is 9.33. The molecule has 3 heteroatoms. The Morgan fingerprint density at radius 3 is 2.22 bits per heavy atom. The molecule has 1 saturated heterocycles. The number of piperazine rings is 1. The van der Waals surface area contributed by atoms with Gasteiger partial charge in [-0.05, 0) is 38.3 Å². The molecule has 2 aliphatic rings. The second-order valence-corrected chi connectivity index (χ2v) is 7.54. The Bertz CT molecular complexity index is 478. The maximum absolute atomic E-state index is 11.9. The first kappa shape index (κ1) is 16.9. The van der Waals surface area contributed by atoms with Gasteiger partial charge in [-0.25, -0.2) is 0 Å². The van der Waals surface area contributed by atoms with Crippen molar-refractivity contribution < 1.29 is 5.11 Å². The summed E-state index contributed by atoms with van der Waals surface area (Å²) >= 11 is 0. The minimum Gasteiger partial charge on any atom is -0.383 e. The van der Waals surface area contributed by atoms with Crippen LogP contribution in [0.5, 0.6) is 0 Å². The molecule has 128 valence electrons. The first-order chi connectivity index (χ1) is 11.1. The zero-order valence-corrected chi connectivity index (χ0v) is 14.7. The molecule has 1 saturated carbocycles. The second-order valence-electron chi connectivity index (χ2n) is 7.54. The Labute approximate surface area is 141 Å². The molecule has 1 aromatic carbocycles. The molecule has 0 bridgehead atoms. The summed E-state index contributed by atoms with van der Waals surface area (Å²) in [6.07, 6.45) is 6.15. The molecule has 3 rings (SSSR count). The molecule has 2 atom stereocenters. The van der Waals surface area contributed by atoms with Gasteiger partial charge >= 0.3 is 0 Å². The van der Waals surface area contributed by atoms with Crippen molar-refractivity contribution in [2.24, 2.45) is 5.92 Å². The van der Waals surface area contributed by atoms with E-state index in [1.807, 2.05) is 6.07 Å². The minimum atomic E-state index is -0.725. The van der Waals surface area contributed by atoms with Gasteiger partial charge in [0.05, 0.1) is 0 Å². The van der Waals surface area contributed by atoms with Crippen LogP contribution in [0, 0.1) is 5.92 Å². The molecule has 1 N–H and O–H groups in total. The molecule has 0 unspecified atom stereocenters. The first-order valence-corrected chi connectivity index (χ1v) is 9.33. The van der Waals surface area contributed by atoms with Crippen molar-refractivity contribution in [2.75, 3.05) is 33.2 Å². The molecular weight excluding hydrogens is 284 g/mol. The van der Waals surface area contributed by atoms with E-state index < -0.39 is 5.60 Å². The largest absolute Gasteiger partial charge is 0.383 e. The molecule has 1 aliphatic carbocycles. The van der Waals surface area contributed by atoms with E-state index in [1.165, 1.54) is 19.3 Å². The lowest BCUT2D eigenvalue weighted by Crippen LogP contribution is -2.58. The number of hydrogen-bond acceptors (Lipinski definition) is 3. The third kappa shape index (κ3) is 3.47. The van der Waals surface area contributed by atoms with Crippen LogP contribution < -0.4 is 0 Å². The van der Waals surface area contributed by atoms with Gasteiger partial charge in [-0.3, -0.25) is 4.90 Å². The van der Waals surface area contributed by atoms with Gasteiger partial charge in [0.1, 0.15) is 5.60 Å². The maximum Gasteiger partial charge on any atom is 0.108 e. The SMILES string of the molecule is C[C@H](N1CCN(C)CC1)[C@@](O)(c1ccccc1)C1CCCCC1. The second kappa shape index (κ2) is 7.33. The van der Waals surface area contributed by atoms with Gasteiger partial charge in [-0.1, -0.05) is 49.6 Å². The van der Waals surface area contributed by atoms with E-state index in [0.29, 0.717) is 5.92 Å². The smallest absolute Gasteiger partial charge is 0.108 e. The van der Waals surface area contributed by atoms with E-state index in [9.17, 15) is 5.11 Å². The molecule has 0 amide bonds. The van der Waals surface area contributed by atoms with Gasteiger partial charge in [0, 0.05) is 32.2 Å². The molecule has 1 aromatic rings. The van der Waals surface area contributed by atoms with Crippen LogP contribution in [0.1, 0.15) is 44.6 Å². The van der Waals surface area contributed by atoms with E-state index >= 15 is 0 Å². The van der Waals surface area contributed by atoms with Crippen LogP contribution in [0.2, 0.25) is 0 Å². The quantitative estimate of drug-likeness (QED) is 0.925. The lowest BCUT2D eigenvalue weighted by molar-refractivity contribution is -0.107.